The van der Waals surface area contributed by atoms with Gasteiger partial charge in [-0.05, 0) is 18.4 Å². The van der Waals surface area contributed by atoms with Crippen molar-refractivity contribution >= 4 is 23.0 Å². The molecule has 1 aromatic rings. The van der Waals surface area contributed by atoms with E-state index in [4.69, 9.17) is 10.5 Å². The third-order valence-electron chi connectivity index (χ3n) is 3.12. The predicted octanol–water partition coefficient (Wildman–Crippen LogP) is 1.42. The Bertz CT molecular complexity index is 503. The lowest BCUT2D eigenvalue weighted by Crippen LogP contribution is -2.28. The van der Waals surface area contributed by atoms with Crippen molar-refractivity contribution in [3.8, 4) is 5.75 Å². The molecule has 2 rings (SSSR count). The molecular weight excluding hydrogens is 258 g/mol. The number of hydrogen-bond acceptors (Lipinski definition) is 5. The molecule has 1 heterocycles. The maximum atomic E-state index is 11.3. The first kappa shape index (κ1) is 14.5. The number of rotatable bonds is 5. The number of nitrogens with one attached hydrogen (secondary N) is 2. The summed E-state index contributed by atoms with van der Waals surface area (Å²) in [6, 6.07) is 3.35. The molecule has 1 unspecified atom stereocenters. The maximum absolute atomic E-state index is 11.3. The topological polar surface area (TPSA) is 96.6 Å². The molecular formula is C14H21N3O3. The summed E-state index contributed by atoms with van der Waals surface area (Å²) in [4.78, 5) is 11.3. The summed E-state index contributed by atoms with van der Waals surface area (Å²) in [5, 5.41) is 15.4. The molecule has 1 atom stereocenters. The van der Waals surface area contributed by atoms with Gasteiger partial charge in [0.25, 0.3) is 5.91 Å². The van der Waals surface area contributed by atoms with E-state index in [1.165, 1.54) is 0 Å². The Hall–Kier alpha value is -1.95. The molecule has 0 bridgehead atoms. The summed E-state index contributed by atoms with van der Waals surface area (Å²) in [5.41, 5.74) is 7.79. The number of hydrogen-bond donors (Lipinski definition) is 4. The van der Waals surface area contributed by atoms with Gasteiger partial charge in [0.05, 0.1) is 23.7 Å². The summed E-state index contributed by atoms with van der Waals surface area (Å²) < 4.78 is 5.30. The number of nitrogens with two attached hydrogens (primary N) is 1. The zero-order valence-electron chi connectivity index (χ0n) is 11.8. The second kappa shape index (κ2) is 6.00. The normalized spacial score (nSPS) is 15.3. The Labute approximate surface area is 118 Å². The molecule has 0 spiro atoms. The van der Waals surface area contributed by atoms with Crippen molar-refractivity contribution in [2.24, 2.45) is 5.92 Å². The van der Waals surface area contributed by atoms with E-state index in [0.29, 0.717) is 28.7 Å². The number of carbonyl (C=O) groups is 1. The van der Waals surface area contributed by atoms with Crippen LogP contribution in [0.3, 0.4) is 0 Å². The van der Waals surface area contributed by atoms with Crippen molar-refractivity contribution < 1.29 is 14.6 Å². The lowest BCUT2D eigenvalue weighted by molar-refractivity contribution is -0.118. The average molecular weight is 279 g/mol. The van der Waals surface area contributed by atoms with Gasteiger partial charge >= 0.3 is 0 Å². The minimum absolute atomic E-state index is 0.00578. The van der Waals surface area contributed by atoms with Crippen LogP contribution in [0.4, 0.5) is 17.1 Å². The van der Waals surface area contributed by atoms with E-state index in [1.54, 1.807) is 12.1 Å². The molecule has 1 amide bonds. The maximum Gasteiger partial charge on any atom is 0.262 e. The highest BCUT2D eigenvalue weighted by Gasteiger charge is 2.19. The lowest BCUT2D eigenvalue weighted by Gasteiger charge is -2.24. The molecule has 0 aliphatic carbocycles. The van der Waals surface area contributed by atoms with Crippen LogP contribution in [0.1, 0.15) is 20.3 Å². The lowest BCUT2D eigenvalue weighted by atomic mass is 10.0. The van der Waals surface area contributed by atoms with E-state index in [0.717, 1.165) is 6.42 Å². The highest BCUT2D eigenvalue weighted by molar-refractivity contribution is 5.97. The molecule has 20 heavy (non-hydrogen) atoms. The van der Waals surface area contributed by atoms with Crippen LogP contribution in [-0.2, 0) is 4.79 Å². The molecule has 1 aromatic carbocycles. The quantitative estimate of drug-likeness (QED) is 0.611. The van der Waals surface area contributed by atoms with Gasteiger partial charge in [0.15, 0.2) is 6.61 Å². The monoisotopic (exact) mass is 279 g/mol. The molecule has 110 valence electrons. The van der Waals surface area contributed by atoms with Gasteiger partial charge < -0.3 is 26.2 Å². The molecule has 0 saturated heterocycles. The number of ether oxygens (including phenoxy) is 1. The number of fused-ring (bicyclic) bond motifs is 1. The van der Waals surface area contributed by atoms with E-state index in [-0.39, 0.29) is 25.2 Å². The number of anilines is 3. The molecule has 5 N–H and O–H groups in total. The van der Waals surface area contributed by atoms with E-state index in [9.17, 15) is 9.90 Å². The summed E-state index contributed by atoms with van der Waals surface area (Å²) in [6.45, 7) is 4.21. The second-order valence-electron chi connectivity index (χ2n) is 5.43. The minimum atomic E-state index is -0.186. The van der Waals surface area contributed by atoms with Crippen LogP contribution in [0.5, 0.6) is 5.75 Å². The van der Waals surface area contributed by atoms with E-state index in [1.807, 2.05) is 0 Å². The molecule has 1 aliphatic heterocycles. The zero-order valence-corrected chi connectivity index (χ0v) is 11.8. The second-order valence-corrected chi connectivity index (χ2v) is 5.43. The Morgan fingerprint density at radius 3 is 2.90 bits per heavy atom. The van der Waals surface area contributed by atoms with Crippen molar-refractivity contribution in [3.63, 3.8) is 0 Å². The van der Waals surface area contributed by atoms with Gasteiger partial charge in [0.1, 0.15) is 5.75 Å². The molecule has 6 heteroatoms. The smallest absolute Gasteiger partial charge is 0.262 e. The molecule has 0 saturated carbocycles. The fourth-order valence-electron chi connectivity index (χ4n) is 2.24. The van der Waals surface area contributed by atoms with E-state index in [2.05, 4.69) is 24.5 Å². The van der Waals surface area contributed by atoms with Gasteiger partial charge in [-0.25, -0.2) is 0 Å². The third kappa shape index (κ3) is 3.33. The van der Waals surface area contributed by atoms with E-state index < -0.39 is 0 Å². The predicted molar refractivity (Wildman–Crippen MR) is 78.9 cm³/mol. The summed E-state index contributed by atoms with van der Waals surface area (Å²) in [5.74, 6) is 0.840. The number of carbonyl (C=O) groups excluding carboxylic acids is 1. The van der Waals surface area contributed by atoms with Gasteiger partial charge in [-0.1, -0.05) is 13.8 Å². The van der Waals surface area contributed by atoms with Crippen molar-refractivity contribution in [2.45, 2.75) is 26.3 Å². The van der Waals surface area contributed by atoms with Crippen LogP contribution in [-0.4, -0.2) is 30.3 Å². The Balaban J connectivity index is 2.19. The SMILES string of the molecule is CC(C)CC(CO)Nc1cc2c(cc1N)OCC(=O)N2. The molecule has 0 aromatic heterocycles. The Kier molecular flexibility index (Phi) is 4.34. The fourth-order valence-corrected chi connectivity index (χ4v) is 2.24. The standard InChI is InChI=1S/C14H21N3O3/c1-8(2)3-9(6-18)16-11-5-12-13(4-10(11)15)20-7-14(19)17-12/h4-5,8-9,16,18H,3,6-7,15H2,1-2H3,(H,17,19). The number of nitrogen functional groups attached to an aromatic ring is 1. The first-order chi connectivity index (χ1) is 9.49. The van der Waals surface area contributed by atoms with Crippen LogP contribution in [0.15, 0.2) is 12.1 Å². The summed E-state index contributed by atoms with van der Waals surface area (Å²) in [7, 11) is 0. The Morgan fingerprint density at radius 1 is 1.50 bits per heavy atom. The highest BCUT2D eigenvalue weighted by atomic mass is 16.5. The summed E-state index contributed by atoms with van der Waals surface area (Å²) in [6.07, 6.45) is 0.829. The Morgan fingerprint density at radius 2 is 2.25 bits per heavy atom. The van der Waals surface area contributed by atoms with Crippen LogP contribution in [0.2, 0.25) is 0 Å². The van der Waals surface area contributed by atoms with Crippen LogP contribution in [0.25, 0.3) is 0 Å². The molecule has 0 radical (unpaired) electrons. The molecule has 1 aliphatic rings. The largest absolute Gasteiger partial charge is 0.482 e. The van der Waals surface area contributed by atoms with Crippen LogP contribution in [0, 0.1) is 5.92 Å². The fraction of sp³-hybridized carbons (Fsp3) is 0.500. The first-order valence-corrected chi connectivity index (χ1v) is 6.73. The molecule has 0 fully saturated rings. The highest BCUT2D eigenvalue weighted by Crippen LogP contribution is 2.35. The third-order valence-corrected chi connectivity index (χ3v) is 3.12. The van der Waals surface area contributed by atoms with Crippen LogP contribution < -0.4 is 21.1 Å². The van der Waals surface area contributed by atoms with Gasteiger partial charge in [-0.15, -0.1) is 0 Å². The van der Waals surface area contributed by atoms with Gasteiger partial charge in [0, 0.05) is 12.1 Å². The van der Waals surface area contributed by atoms with Gasteiger partial charge in [-0.2, -0.15) is 0 Å². The van der Waals surface area contributed by atoms with Crippen molar-refractivity contribution in [2.75, 3.05) is 29.6 Å². The number of benzene rings is 1. The molecule has 6 nitrogen and oxygen atoms in total. The van der Waals surface area contributed by atoms with E-state index >= 15 is 0 Å². The van der Waals surface area contributed by atoms with Crippen molar-refractivity contribution in [1.29, 1.82) is 0 Å². The van der Waals surface area contributed by atoms with Gasteiger partial charge in [0.2, 0.25) is 0 Å². The minimum Gasteiger partial charge on any atom is -0.482 e. The summed E-state index contributed by atoms with van der Waals surface area (Å²) >= 11 is 0. The van der Waals surface area contributed by atoms with Gasteiger partial charge in [-0.3, -0.25) is 4.79 Å². The zero-order chi connectivity index (χ0) is 14.7. The average Bonchev–Trinajstić information content (AvgIpc) is 2.38. The van der Waals surface area contributed by atoms with Crippen LogP contribution >= 0.6 is 0 Å². The van der Waals surface area contributed by atoms with Crippen molar-refractivity contribution in [3.05, 3.63) is 12.1 Å². The number of aliphatic hydroxyl groups excluding tert-OH is 1. The van der Waals surface area contributed by atoms with Crippen molar-refractivity contribution in [1.82, 2.24) is 0 Å². The number of amides is 1. The number of aliphatic hydroxyl groups is 1. The first-order valence-electron chi connectivity index (χ1n) is 6.73.